The lowest BCUT2D eigenvalue weighted by Gasteiger charge is -2.37. The number of fused-ring (bicyclic) bond motifs is 1. The Morgan fingerprint density at radius 2 is 1.64 bits per heavy atom. The Balaban J connectivity index is 1.35. The number of alkyl halides is 1. The first-order chi connectivity index (χ1) is 20.3. The molecule has 3 saturated heterocycles. The molecule has 3 fully saturated rings. The van der Waals surface area contributed by atoms with E-state index >= 15 is 0 Å². The zero-order valence-electron chi connectivity index (χ0n) is 22.7. The van der Waals surface area contributed by atoms with E-state index in [4.69, 9.17) is 16.3 Å². The quantitative estimate of drug-likeness (QED) is 0.304. The first-order valence-corrected chi connectivity index (χ1v) is 15.3. The fraction of sp³-hybridized carbons (Fsp3) is 0.344. The number of hydrogen-bond acceptors (Lipinski definition) is 5. The highest BCUT2D eigenvalue weighted by atomic mass is 79.9. The van der Waals surface area contributed by atoms with Crippen LogP contribution in [0.4, 0.5) is 5.69 Å². The van der Waals surface area contributed by atoms with Gasteiger partial charge in [-0.15, -0.1) is 0 Å². The average Bonchev–Trinajstić information content (AvgIpc) is 3.60. The van der Waals surface area contributed by atoms with Gasteiger partial charge in [-0.1, -0.05) is 88.2 Å². The monoisotopic (exact) mass is 651 g/mol. The molecular formula is C32H31BrClN3O5. The highest BCUT2D eigenvalue weighted by molar-refractivity contribution is 9.09. The van der Waals surface area contributed by atoms with E-state index in [2.05, 4.69) is 26.6 Å². The van der Waals surface area contributed by atoms with E-state index in [1.54, 1.807) is 24.3 Å². The Bertz CT molecular complexity index is 1460. The number of carbonyl (C=O) groups is 3. The lowest BCUT2D eigenvalue weighted by atomic mass is 9.70. The van der Waals surface area contributed by atoms with Gasteiger partial charge in [-0.05, 0) is 48.2 Å². The van der Waals surface area contributed by atoms with Crippen molar-refractivity contribution in [1.29, 1.82) is 0 Å². The molecule has 42 heavy (non-hydrogen) atoms. The predicted molar refractivity (Wildman–Crippen MR) is 162 cm³/mol. The van der Waals surface area contributed by atoms with Gasteiger partial charge in [-0.25, -0.2) is 0 Å². The summed E-state index contributed by atoms with van der Waals surface area (Å²) in [5.41, 5.74) is 1.12. The second-order valence-electron chi connectivity index (χ2n) is 11.1. The molecule has 0 radical (unpaired) electrons. The van der Waals surface area contributed by atoms with E-state index in [0.29, 0.717) is 30.1 Å². The molecule has 3 heterocycles. The molecule has 3 unspecified atom stereocenters. The van der Waals surface area contributed by atoms with Gasteiger partial charge < -0.3 is 25.4 Å². The number of aliphatic hydroxyl groups excluding tert-OH is 1. The lowest BCUT2D eigenvalue weighted by Crippen LogP contribution is -2.57. The summed E-state index contributed by atoms with van der Waals surface area (Å²) in [6.45, 7) is -0.0541. The third-order valence-electron chi connectivity index (χ3n) is 8.62. The maximum Gasteiger partial charge on any atom is 0.250 e. The number of likely N-dealkylation sites (tertiary alicyclic amines) is 1. The molecule has 3 aromatic carbocycles. The van der Waals surface area contributed by atoms with Crippen LogP contribution < -0.4 is 10.6 Å². The molecule has 3 amide bonds. The smallest absolute Gasteiger partial charge is 0.250 e. The summed E-state index contributed by atoms with van der Waals surface area (Å²) in [7, 11) is 0. The number of nitrogens with one attached hydrogen (secondary N) is 2. The number of amides is 3. The van der Waals surface area contributed by atoms with Gasteiger partial charge in [0.05, 0.1) is 30.6 Å². The molecule has 0 aromatic heterocycles. The molecular weight excluding hydrogens is 622 g/mol. The molecule has 218 valence electrons. The summed E-state index contributed by atoms with van der Waals surface area (Å²) in [4.78, 5) is 43.5. The molecule has 10 heteroatoms. The van der Waals surface area contributed by atoms with Crippen molar-refractivity contribution in [1.82, 2.24) is 10.2 Å². The number of carbonyl (C=O) groups excluding carboxylic acids is 3. The van der Waals surface area contributed by atoms with E-state index in [1.165, 1.54) is 4.90 Å². The van der Waals surface area contributed by atoms with Crippen LogP contribution in [0.25, 0.3) is 0 Å². The van der Waals surface area contributed by atoms with Gasteiger partial charge >= 0.3 is 0 Å². The Morgan fingerprint density at radius 1 is 1.00 bits per heavy atom. The van der Waals surface area contributed by atoms with Gasteiger partial charge in [-0.2, -0.15) is 0 Å². The Labute approximate surface area is 257 Å². The maximum atomic E-state index is 14.4. The van der Waals surface area contributed by atoms with Crippen LogP contribution in [0.1, 0.15) is 17.5 Å². The number of ether oxygens (including phenoxy) is 1. The molecule has 0 aliphatic carbocycles. The molecule has 7 atom stereocenters. The minimum atomic E-state index is -1.24. The number of halogens is 2. The summed E-state index contributed by atoms with van der Waals surface area (Å²) in [6, 6.07) is 24.0. The van der Waals surface area contributed by atoms with Gasteiger partial charge in [0, 0.05) is 22.1 Å². The van der Waals surface area contributed by atoms with Crippen LogP contribution in [-0.4, -0.2) is 63.0 Å². The van der Waals surface area contributed by atoms with Crippen molar-refractivity contribution in [3.05, 3.63) is 101 Å². The highest BCUT2D eigenvalue weighted by Crippen LogP contribution is 2.60. The Hall–Kier alpha value is -3.24. The number of rotatable bonds is 9. The minimum absolute atomic E-state index is 0.235. The fourth-order valence-corrected chi connectivity index (χ4v) is 7.91. The van der Waals surface area contributed by atoms with Gasteiger partial charge in [0.15, 0.2) is 0 Å². The van der Waals surface area contributed by atoms with Crippen molar-refractivity contribution in [2.24, 2.45) is 11.8 Å². The van der Waals surface area contributed by atoms with Gasteiger partial charge in [0.1, 0.15) is 11.6 Å². The SMILES string of the molecule is O=C(Nc1ccc(Cl)cc1)C1N([C@@H](CO)Cc2ccccc2)C(=O)[C@@H]2[C@H](C(=O)NCc3ccccc3)[C@H]3OC12CC3Br. The highest BCUT2D eigenvalue weighted by Gasteiger charge is 2.77. The van der Waals surface area contributed by atoms with E-state index in [0.717, 1.165) is 11.1 Å². The molecule has 3 aliphatic heterocycles. The molecule has 1 spiro atoms. The molecule has 8 nitrogen and oxygen atoms in total. The van der Waals surface area contributed by atoms with E-state index < -0.39 is 41.5 Å². The molecule has 3 aromatic rings. The van der Waals surface area contributed by atoms with Crippen LogP contribution in [0, 0.1) is 11.8 Å². The van der Waals surface area contributed by atoms with Gasteiger partial charge in [0.25, 0.3) is 0 Å². The molecule has 2 bridgehead atoms. The van der Waals surface area contributed by atoms with Crippen LogP contribution in [0.2, 0.25) is 5.02 Å². The summed E-state index contributed by atoms with van der Waals surface area (Å²) >= 11 is 9.75. The van der Waals surface area contributed by atoms with Gasteiger partial charge in [-0.3, -0.25) is 14.4 Å². The largest absolute Gasteiger partial charge is 0.394 e. The first-order valence-electron chi connectivity index (χ1n) is 14.0. The van der Waals surface area contributed by atoms with Crippen LogP contribution in [-0.2, 0) is 32.1 Å². The van der Waals surface area contributed by atoms with Crippen LogP contribution in [0.5, 0.6) is 0 Å². The van der Waals surface area contributed by atoms with Crippen molar-refractivity contribution in [3.8, 4) is 0 Å². The standard InChI is InChI=1S/C32H31BrClN3O5/c33-24-16-32-26(25(27(24)42-32)29(39)35-17-20-9-5-2-6-10-20)31(41)37(23(18-38)15-19-7-3-1-4-8-19)28(32)30(40)36-22-13-11-21(34)12-14-22/h1-14,23-28,38H,15-18H2,(H,35,39)(H,36,40)/t23-,24?,25+,26+,27+,28?,32?/m1/s1. The summed E-state index contributed by atoms with van der Waals surface area (Å²) in [6.07, 6.45) is 0.127. The third-order valence-corrected chi connectivity index (χ3v) is 9.71. The van der Waals surface area contributed by atoms with Crippen molar-refractivity contribution < 1.29 is 24.2 Å². The number of benzene rings is 3. The van der Waals surface area contributed by atoms with Crippen molar-refractivity contribution in [3.63, 3.8) is 0 Å². The average molecular weight is 653 g/mol. The number of anilines is 1. The van der Waals surface area contributed by atoms with Crippen LogP contribution >= 0.6 is 27.5 Å². The second-order valence-corrected chi connectivity index (χ2v) is 12.7. The van der Waals surface area contributed by atoms with Crippen molar-refractivity contribution in [2.75, 3.05) is 11.9 Å². The number of nitrogens with zero attached hydrogens (tertiary/aromatic N) is 1. The third kappa shape index (κ3) is 5.13. The fourth-order valence-electron chi connectivity index (χ4n) is 6.84. The Morgan fingerprint density at radius 3 is 2.29 bits per heavy atom. The molecule has 3 aliphatic rings. The van der Waals surface area contributed by atoms with Crippen molar-refractivity contribution in [2.45, 2.75) is 48.0 Å². The maximum absolute atomic E-state index is 14.4. The normalized spacial score (nSPS) is 28.4. The minimum Gasteiger partial charge on any atom is -0.394 e. The second kappa shape index (κ2) is 11.8. The first kappa shape index (κ1) is 28.9. The Kier molecular flexibility index (Phi) is 8.11. The lowest BCUT2D eigenvalue weighted by molar-refractivity contribution is -0.144. The molecule has 3 N–H and O–H groups in total. The summed E-state index contributed by atoms with van der Waals surface area (Å²) in [5.74, 6) is -2.77. The van der Waals surface area contributed by atoms with E-state index in [9.17, 15) is 19.5 Å². The summed E-state index contributed by atoms with van der Waals surface area (Å²) < 4.78 is 6.58. The van der Waals surface area contributed by atoms with Crippen molar-refractivity contribution >= 4 is 50.9 Å². The van der Waals surface area contributed by atoms with E-state index in [-0.39, 0.29) is 23.2 Å². The molecule has 0 saturated carbocycles. The van der Waals surface area contributed by atoms with Crippen LogP contribution in [0.15, 0.2) is 84.9 Å². The predicted octanol–water partition coefficient (Wildman–Crippen LogP) is 3.95. The zero-order valence-corrected chi connectivity index (χ0v) is 25.0. The van der Waals surface area contributed by atoms with E-state index in [1.807, 2.05) is 60.7 Å². The summed E-state index contributed by atoms with van der Waals surface area (Å²) in [5, 5.41) is 17.0. The number of aliphatic hydroxyl groups is 1. The zero-order chi connectivity index (χ0) is 29.4. The topological polar surface area (TPSA) is 108 Å². The number of hydrogen-bond donors (Lipinski definition) is 3. The van der Waals surface area contributed by atoms with Gasteiger partial charge in [0.2, 0.25) is 17.7 Å². The molecule has 6 rings (SSSR count). The van der Waals surface area contributed by atoms with Crippen LogP contribution in [0.3, 0.4) is 0 Å².